The first-order valence-electron chi connectivity index (χ1n) is 11.0. The van der Waals surface area contributed by atoms with E-state index in [0.29, 0.717) is 6.42 Å². The molecule has 1 aromatic rings. The first-order chi connectivity index (χ1) is 15.3. The zero-order valence-electron chi connectivity index (χ0n) is 19.1. The Labute approximate surface area is 189 Å². The number of carbonyl (C=O) groups excluding carboxylic acids is 1. The summed E-state index contributed by atoms with van der Waals surface area (Å²) in [5.41, 5.74) is 2.04. The number of fused-ring (bicyclic) bond motifs is 3. The van der Waals surface area contributed by atoms with Crippen LogP contribution in [0.4, 0.5) is 0 Å². The van der Waals surface area contributed by atoms with E-state index in [1.807, 2.05) is 43.3 Å². The van der Waals surface area contributed by atoms with Crippen LogP contribution in [0, 0.1) is 23.2 Å². The lowest BCUT2D eigenvalue weighted by molar-refractivity contribution is -0.216. The molecule has 1 aromatic carbocycles. The summed E-state index contributed by atoms with van der Waals surface area (Å²) in [6.07, 6.45) is 3.19. The third-order valence-corrected chi connectivity index (χ3v) is 7.42. The van der Waals surface area contributed by atoms with E-state index >= 15 is 0 Å². The highest BCUT2D eigenvalue weighted by Crippen LogP contribution is 2.61. The second kappa shape index (κ2) is 8.94. The average molecular weight is 441 g/mol. The second-order valence-corrected chi connectivity index (χ2v) is 9.17. The van der Waals surface area contributed by atoms with E-state index < -0.39 is 36.2 Å². The summed E-state index contributed by atoms with van der Waals surface area (Å²) in [6, 6.07) is 9.60. The van der Waals surface area contributed by atoms with Crippen LogP contribution < -0.4 is 0 Å². The monoisotopic (exact) mass is 440 g/mol. The van der Waals surface area contributed by atoms with Gasteiger partial charge in [-0.25, -0.2) is 4.79 Å². The Balaban J connectivity index is 1.68. The number of rotatable bonds is 5. The van der Waals surface area contributed by atoms with Gasteiger partial charge in [-0.1, -0.05) is 62.4 Å². The van der Waals surface area contributed by atoms with Crippen molar-refractivity contribution in [3.63, 3.8) is 0 Å². The maximum atomic E-state index is 12.8. The quantitative estimate of drug-likeness (QED) is 0.427. The highest BCUT2D eigenvalue weighted by atomic mass is 16.8. The van der Waals surface area contributed by atoms with Crippen LogP contribution in [-0.2, 0) is 23.7 Å². The van der Waals surface area contributed by atoms with Gasteiger partial charge in [-0.3, -0.25) is 0 Å². The summed E-state index contributed by atoms with van der Waals surface area (Å²) in [5.74, 6) is -0.866. The lowest BCUT2D eigenvalue weighted by Gasteiger charge is -2.56. The van der Waals surface area contributed by atoms with Gasteiger partial charge in [0.1, 0.15) is 6.10 Å². The van der Waals surface area contributed by atoms with Crippen LogP contribution in [0.15, 0.2) is 60.2 Å². The fourth-order valence-electron chi connectivity index (χ4n) is 5.79. The molecule has 1 saturated carbocycles. The van der Waals surface area contributed by atoms with Crippen molar-refractivity contribution in [3.05, 3.63) is 65.8 Å². The Morgan fingerprint density at radius 3 is 2.59 bits per heavy atom. The first kappa shape index (κ1) is 22.9. The van der Waals surface area contributed by atoms with Gasteiger partial charge in [0, 0.05) is 37.5 Å². The fraction of sp³-hybridized carbons (Fsp3) is 0.500. The van der Waals surface area contributed by atoms with E-state index in [2.05, 4.69) is 13.5 Å². The van der Waals surface area contributed by atoms with E-state index in [1.54, 1.807) is 20.3 Å². The Morgan fingerprint density at radius 1 is 1.22 bits per heavy atom. The normalized spacial score (nSPS) is 38.8. The highest BCUT2D eigenvalue weighted by molar-refractivity contribution is 5.87. The van der Waals surface area contributed by atoms with E-state index in [4.69, 9.17) is 18.9 Å². The highest BCUT2D eigenvalue weighted by Gasteiger charge is 2.64. The molecular weight excluding hydrogens is 408 g/mol. The molecule has 8 atom stereocenters. The number of aliphatic hydroxyl groups is 1. The summed E-state index contributed by atoms with van der Waals surface area (Å²) < 4.78 is 23.2. The largest absolute Gasteiger partial charge is 0.459 e. The minimum Gasteiger partial charge on any atom is -0.459 e. The smallest absolute Gasteiger partial charge is 0.331 e. The number of ether oxygens (including phenoxy) is 4. The molecule has 0 aromatic heterocycles. The molecule has 1 aliphatic heterocycles. The molecule has 1 N–H and O–H groups in total. The van der Waals surface area contributed by atoms with Crippen molar-refractivity contribution in [1.82, 2.24) is 0 Å². The van der Waals surface area contributed by atoms with Crippen molar-refractivity contribution in [3.8, 4) is 0 Å². The van der Waals surface area contributed by atoms with Gasteiger partial charge in [-0.15, -0.1) is 0 Å². The number of aliphatic hydroxyl groups excluding tert-OH is 1. The van der Waals surface area contributed by atoms with Crippen LogP contribution in [0.3, 0.4) is 0 Å². The molecule has 4 rings (SSSR count). The zero-order valence-corrected chi connectivity index (χ0v) is 19.1. The molecule has 2 aliphatic carbocycles. The number of hydrogen-bond acceptors (Lipinski definition) is 6. The number of carbonyl (C=O) groups is 1. The molecule has 32 heavy (non-hydrogen) atoms. The van der Waals surface area contributed by atoms with E-state index in [1.165, 1.54) is 6.08 Å². The summed E-state index contributed by atoms with van der Waals surface area (Å²) >= 11 is 0. The van der Waals surface area contributed by atoms with Crippen LogP contribution >= 0.6 is 0 Å². The summed E-state index contributed by atoms with van der Waals surface area (Å²) in [5, 5.41) is 11.1. The molecule has 1 saturated heterocycles. The molecular formula is C26H32O6. The minimum absolute atomic E-state index is 0.0927. The lowest BCUT2D eigenvalue weighted by atomic mass is 9.50. The van der Waals surface area contributed by atoms with Gasteiger partial charge in [0.05, 0.1) is 6.10 Å². The van der Waals surface area contributed by atoms with Crippen molar-refractivity contribution >= 4 is 12.0 Å². The maximum Gasteiger partial charge on any atom is 0.331 e. The van der Waals surface area contributed by atoms with Crippen molar-refractivity contribution in [2.24, 2.45) is 23.2 Å². The summed E-state index contributed by atoms with van der Waals surface area (Å²) in [7, 11) is 3.16. The minimum atomic E-state index is -0.778. The van der Waals surface area contributed by atoms with Crippen LogP contribution in [0.2, 0.25) is 0 Å². The van der Waals surface area contributed by atoms with Gasteiger partial charge < -0.3 is 24.1 Å². The van der Waals surface area contributed by atoms with Crippen LogP contribution in [0.25, 0.3) is 6.08 Å². The van der Waals surface area contributed by atoms with Gasteiger partial charge in [0.25, 0.3) is 0 Å². The number of hydrogen-bond donors (Lipinski definition) is 1. The van der Waals surface area contributed by atoms with Gasteiger partial charge in [-0.05, 0) is 29.6 Å². The molecule has 0 unspecified atom stereocenters. The molecule has 0 amide bonds. The first-order valence-corrected chi connectivity index (χ1v) is 11.0. The summed E-state index contributed by atoms with van der Waals surface area (Å²) in [4.78, 5) is 12.8. The molecule has 6 nitrogen and oxygen atoms in total. The average Bonchev–Trinajstić information content (AvgIpc) is 3.15. The topological polar surface area (TPSA) is 74.2 Å². The van der Waals surface area contributed by atoms with Crippen LogP contribution in [0.1, 0.15) is 25.8 Å². The lowest BCUT2D eigenvalue weighted by Crippen LogP contribution is -2.59. The van der Waals surface area contributed by atoms with E-state index in [9.17, 15) is 9.90 Å². The predicted molar refractivity (Wildman–Crippen MR) is 120 cm³/mol. The van der Waals surface area contributed by atoms with Gasteiger partial charge in [-0.2, -0.15) is 0 Å². The molecule has 6 heteroatoms. The number of esters is 1. The Bertz CT molecular complexity index is 922. The number of methoxy groups -OCH3 is 2. The molecule has 0 spiro atoms. The molecule has 1 heterocycles. The molecule has 0 radical (unpaired) electrons. The zero-order chi connectivity index (χ0) is 23.0. The van der Waals surface area contributed by atoms with Crippen molar-refractivity contribution in [2.75, 3.05) is 14.2 Å². The third-order valence-electron chi connectivity index (χ3n) is 7.42. The Morgan fingerprint density at radius 2 is 1.94 bits per heavy atom. The Kier molecular flexibility index (Phi) is 6.41. The van der Waals surface area contributed by atoms with Crippen molar-refractivity contribution < 1.29 is 28.8 Å². The number of benzene rings is 1. The molecule has 0 bridgehead atoms. The van der Waals surface area contributed by atoms with Gasteiger partial charge in [0.2, 0.25) is 0 Å². The van der Waals surface area contributed by atoms with Crippen LogP contribution in [0.5, 0.6) is 0 Å². The molecule has 172 valence electrons. The predicted octanol–water partition coefficient (Wildman–Crippen LogP) is 3.72. The summed E-state index contributed by atoms with van der Waals surface area (Å²) in [6.45, 7) is 8.42. The third kappa shape index (κ3) is 3.75. The molecule has 3 aliphatic rings. The van der Waals surface area contributed by atoms with Gasteiger partial charge in [0.15, 0.2) is 12.6 Å². The second-order valence-electron chi connectivity index (χ2n) is 9.17. The van der Waals surface area contributed by atoms with Gasteiger partial charge >= 0.3 is 5.97 Å². The van der Waals surface area contributed by atoms with Crippen molar-refractivity contribution in [2.45, 2.75) is 45.1 Å². The SMILES string of the molecule is C=C1[C@@H]2[C@@H](O)C=C3[C@@H](OC)O[C@@H](OC)[C@@H]3[C@@]2(C)[C@H](OC(=O)/C=C/c2ccccc2)C[C@@H]1C. The van der Waals surface area contributed by atoms with E-state index in [-0.39, 0.29) is 17.8 Å². The molecule has 2 fully saturated rings. The van der Waals surface area contributed by atoms with E-state index in [0.717, 1.165) is 16.7 Å². The van der Waals surface area contributed by atoms with Crippen LogP contribution in [-0.4, -0.2) is 50.1 Å². The standard InChI is InChI=1S/C26H32O6/c1-15-13-20(31-21(28)12-11-17-9-7-6-8-10-17)26(3)22(16(15)2)19(27)14-18-23(26)25(30-5)32-24(18)29-4/h6-12,14-15,19-20,22-25,27H,2,13H2,1,3-5H3/b12-11+/t15-,19-,20+,22+,23+,24-,25+,26-/m0/s1. The maximum absolute atomic E-state index is 12.8. The fourth-order valence-corrected chi connectivity index (χ4v) is 5.79. The Hall–Kier alpha value is -2.25. The van der Waals surface area contributed by atoms with Crippen molar-refractivity contribution in [1.29, 1.82) is 0 Å².